The summed E-state index contributed by atoms with van der Waals surface area (Å²) in [6, 6.07) is 5.74. The zero-order chi connectivity index (χ0) is 8.55. The zero-order valence-corrected chi connectivity index (χ0v) is 8.34. The third-order valence-corrected chi connectivity index (χ3v) is 2.75. The molecule has 1 aliphatic rings. The number of hydrogen-bond donors (Lipinski definition) is 1. The largest absolute Gasteiger partial charge is 0.508 e. The monoisotopic (exact) mass is 226 g/mol. The average molecular weight is 227 g/mol. The molecule has 0 saturated heterocycles. The lowest BCUT2D eigenvalue weighted by molar-refractivity contribution is 0.466. The van der Waals surface area contributed by atoms with Gasteiger partial charge in [0, 0.05) is 4.47 Å². The van der Waals surface area contributed by atoms with Gasteiger partial charge in [-0.3, -0.25) is 0 Å². The first-order valence-electron chi connectivity index (χ1n) is 4.23. The molecule has 1 nitrogen and oxygen atoms in total. The van der Waals surface area contributed by atoms with E-state index in [1.54, 1.807) is 6.07 Å². The van der Waals surface area contributed by atoms with Crippen LogP contribution in [0.25, 0.3) is 0 Å². The van der Waals surface area contributed by atoms with E-state index in [2.05, 4.69) is 15.9 Å². The fourth-order valence-electron chi connectivity index (χ4n) is 1.34. The summed E-state index contributed by atoms with van der Waals surface area (Å²) in [4.78, 5) is 0. The fourth-order valence-corrected chi connectivity index (χ4v) is 1.69. The van der Waals surface area contributed by atoms with Crippen LogP contribution in [0.1, 0.15) is 18.4 Å². The molecule has 1 fully saturated rings. The van der Waals surface area contributed by atoms with E-state index in [4.69, 9.17) is 0 Å². The Balaban J connectivity index is 2.18. The summed E-state index contributed by atoms with van der Waals surface area (Å²) in [7, 11) is 0. The minimum absolute atomic E-state index is 0.427. The molecule has 2 rings (SSSR count). The molecule has 1 N–H and O–H groups in total. The van der Waals surface area contributed by atoms with Crippen molar-refractivity contribution in [2.45, 2.75) is 19.3 Å². The van der Waals surface area contributed by atoms with E-state index >= 15 is 0 Å². The third-order valence-electron chi connectivity index (χ3n) is 2.25. The first-order valence-corrected chi connectivity index (χ1v) is 5.02. The van der Waals surface area contributed by atoms with Crippen LogP contribution in [0.3, 0.4) is 0 Å². The normalized spacial score (nSPS) is 16.4. The highest BCUT2D eigenvalue weighted by Crippen LogP contribution is 2.35. The Bertz CT molecular complexity index is 292. The summed E-state index contributed by atoms with van der Waals surface area (Å²) in [6.07, 6.45) is 3.70. The van der Waals surface area contributed by atoms with Crippen LogP contribution >= 0.6 is 15.9 Å². The van der Waals surface area contributed by atoms with Gasteiger partial charge in [-0.05, 0) is 42.9 Å². The van der Waals surface area contributed by atoms with E-state index in [9.17, 15) is 5.11 Å². The molecular formula is C10H11BrO. The molecule has 0 atom stereocenters. The van der Waals surface area contributed by atoms with E-state index < -0.39 is 0 Å². The molecule has 0 aliphatic heterocycles. The summed E-state index contributed by atoms with van der Waals surface area (Å²) in [5, 5.41) is 9.54. The first kappa shape index (κ1) is 8.11. The molecule has 1 aromatic carbocycles. The number of rotatable bonds is 2. The molecule has 0 amide bonds. The van der Waals surface area contributed by atoms with E-state index in [1.165, 1.54) is 12.8 Å². The highest BCUT2D eigenvalue weighted by Gasteiger charge is 2.22. The molecule has 0 bridgehead atoms. The SMILES string of the molecule is Oc1cc(Br)ccc1CC1CC1. The van der Waals surface area contributed by atoms with Crippen LogP contribution in [0, 0.1) is 5.92 Å². The van der Waals surface area contributed by atoms with Gasteiger partial charge in [0.25, 0.3) is 0 Å². The molecule has 0 aromatic heterocycles. The van der Waals surface area contributed by atoms with Gasteiger partial charge < -0.3 is 5.11 Å². The van der Waals surface area contributed by atoms with Crippen LogP contribution in [0.15, 0.2) is 22.7 Å². The second-order valence-corrected chi connectivity index (χ2v) is 4.34. The van der Waals surface area contributed by atoms with Gasteiger partial charge in [0.15, 0.2) is 0 Å². The lowest BCUT2D eigenvalue weighted by Gasteiger charge is -2.02. The first-order chi connectivity index (χ1) is 5.75. The topological polar surface area (TPSA) is 20.2 Å². The maximum atomic E-state index is 9.54. The Morgan fingerprint density at radius 3 is 2.75 bits per heavy atom. The number of aromatic hydroxyl groups is 1. The summed E-state index contributed by atoms with van der Waals surface area (Å²) in [5.41, 5.74) is 1.08. The molecule has 0 radical (unpaired) electrons. The standard InChI is InChI=1S/C10H11BrO/c11-9-4-3-8(10(12)6-9)5-7-1-2-7/h3-4,6-7,12H,1-2,5H2. The van der Waals surface area contributed by atoms with Crippen LogP contribution in [0.4, 0.5) is 0 Å². The molecule has 64 valence electrons. The second-order valence-electron chi connectivity index (χ2n) is 3.42. The van der Waals surface area contributed by atoms with Crippen LogP contribution in [-0.2, 0) is 6.42 Å². The Hall–Kier alpha value is -0.500. The second kappa shape index (κ2) is 3.09. The Labute approximate surface area is 80.5 Å². The minimum Gasteiger partial charge on any atom is -0.508 e. The van der Waals surface area contributed by atoms with Crippen LogP contribution in [0.5, 0.6) is 5.75 Å². The summed E-state index contributed by atoms with van der Waals surface area (Å²) in [5.74, 6) is 1.26. The summed E-state index contributed by atoms with van der Waals surface area (Å²) < 4.78 is 0.944. The summed E-state index contributed by atoms with van der Waals surface area (Å²) in [6.45, 7) is 0. The van der Waals surface area contributed by atoms with Gasteiger partial charge in [-0.25, -0.2) is 0 Å². The van der Waals surface area contributed by atoms with Crippen LogP contribution < -0.4 is 0 Å². The van der Waals surface area contributed by atoms with Crippen molar-refractivity contribution in [1.82, 2.24) is 0 Å². The van der Waals surface area contributed by atoms with Crippen molar-refractivity contribution < 1.29 is 5.11 Å². The van der Waals surface area contributed by atoms with Crippen molar-refractivity contribution in [3.05, 3.63) is 28.2 Å². The van der Waals surface area contributed by atoms with E-state index in [-0.39, 0.29) is 0 Å². The van der Waals surface area contributed by atoms with Crippen molar-refractivity contribution in [3.63, 3.8) is 0 Å². The lowest BCUT2D eigenvalue weighted by Crippen LogP contribution is -1.87. The lowest BCUT2D eigenvalue weighted by atomic mass is 10.1. The minimum atomic E-state index is 0.427. The predicted octanol–water partition coefficient (Wildman–Crippen LogP) is 3.11. The number of benzene rings is 1. The van der Waals surface area contributed by atoms with Crippen molar-refractivity contribution in [1.29, 1.82) is 0 Å². The van der Waals surface area contributed by atoms with E-state index in [0.29, 0.717) is 5.75 Å². The Morgan fingerprint density at radius 1 is 1.42 bits per heavy atom. The van der Waals surface area contributed by atoms with E-state index in [1.807, 2.05) is 12.1 Å². The molecule has 1 aromatic rings. The van der Waals surface area contributed by atoms with Crippen LogP contribution in [0.2, 0.25) is 0 Å². The predicted molar refractivity (Wildman–Crippen MR) is 52.2 cm³/mol. The van der Waals surface area contributed by atoms with Gasteiger partial charge in [-0.15, -0.1) is 0 Å². The molecule has 0 spiro atoms. The van der Waals surface area contributed by atoms with Crippen molar-refractivity contribution in [3.8, 4) is 5.75 Å². The molecule has 2 heteroatoms. The van der Waals surface area contributed by atoms with E-state index in [0.717, 1.165) is 22.4 Å². The molecule has 0 heterocycles. The van der Waals surface area contributed by atoms with Gasteiger partial charge in [0.2, 0.25) is 0 Å². The highest BCUT2D eigenvalue weighted by molar-refractivity contribution is 9.10. The van der Waals surface area contributed by atoms with Crippen molar-refractivity contribution in [2.24, 2.45) is 5.92 Å². The van der Waals surface area contributed by atoms with Gasteiger partial charge >= 0.3 is 0 Å². The van der Waals surface area contributed by atoms with Gasteiger partial charge in [0.1, 0.15) is 5.75 Å². The number of hydrogen-bond acceptors (Lipinski definition) is 1. The average Bonchev–Trinajstić information content (AvgIpc) is 2.79. The van der Waals surface area contributed by atoms with Crippen molar-refractivity contribution in [2.75, 3.05) is 0 Å². The highest BCUT2D eigenvalue weighted by atomic mass is 79.9. The zero-order valence-electron chi connectivity index (χ0n) is 6.76. The third kappa shape index (κ3) is 1.81. The number of phenols is 1. The molecule has 1 saturated carbocycles. The molecule has 1 aliphatic carbocycles. The molecular weight excluding hydrogens is 216 g/mol. The van der Waals surface area contributed by atoms with Gasteiger partial charge in [0.05, 0.1) is 0 Å². The Morgan fingerprint density at radius 2 is 2.17 bits per heavy atom. The fraction of sp³-hybridized carbons (Fsp3) is 0.400. The molecule has 12 heavy (non-hydrogen) atoms. The van der Waals surface area contributed by atoms with Gasteiger partial charge in [-0.1, -0.05) is 22.0 Å². The molecule has 0 unspecified atom stereocenters. The summed E-state index contributed by atoms with van der Waals surface area (Å²) >= 11 is 3.32. The quantitative estimate of drug-likeness (QED) is 0.822. The van der Waals surface area contributed by atoms with Gasteiger partial charge in [-0.2, -0.15) is 0 Å². The van der Waals surface area contributed by atoms with Crippen LogP contribution in [-0.4, -0.2) is 5.11 Å². The Kier molecular flexibility index (Phi) is 2.09. The maximum Gasteiger partial charge on any atom is 0.119 e. The number of halogens is 1. The number of phenolic OH excluding ortho intramolecular Hbond substituents is 1. The smallest absolute Gasteiger partial charge is 0.119 e. The van der Waals surface area contributed by atoms with Crippen molar-refractivity contribution >= 4 is 15.9 Å². The maximum absolute atomic E-state index is 9.54.